The summed E-state index contributed by atoms with van der Waals surface area (Å²) in [6.07, 6.45) is 8.89. The van der Waals surface area contributed by atoms with Crippen LogP contribution in [0.1, 0.15) is 39.0 Å². The minimum Gasteiger partial charge on any atom is -0.330 e. The van der Waals surface area contributed by atoms with Crippen molar-refractivity contribution >= 4 is 11.8 Å². The molecule has 96 valence electrons. The van der Waals surface area contributed by atoms with E-state index in [4.69, 9.17) is 5.73 Å². The molecule has 1 aliphatic carbocycles. The van der Waals surface area contributed by atoms with Gasteiger partial charge in [0.2, 0.25) is 0 Å². The van der Waals surface area contributed by atoms with Gasteiger partial charge in [0.1, 0.15) is 0 Å². The molecule has 0 saturated heterocycles. The Labute approximate surface area is 105 Å². The minimum absolute atomic E-state index is 0.507. The molecule has 0 heterocycles. The summed E-state index contributed by atoms with van der Waals surface area (Å²) in [5, 5.41) is 0. The molecule has 1 saturated carbocycles. The molecule has 16 heavy (non-hydrogen) atoms. The van der Waals surface area contributed by atoms with E-state index in [1.165, 1.54) is 44.4 Å². The first-order chi connectivity index (χ1) is 7.63. The molecule has 0 aliphatic heterocycles. The Balaban J connectivity index is 2.20. The maximum Gasteiger partial charge on any atom is 0.00717 e. The molecule has 0 amide bonds. The lowest BCUT2D eigenvalue weighted by atomic mass is 9.66. The summed E-state index contributed by atoms with van der Waals surface area (Å²) in [6, 6.07) is 0.711. The third kappa shape index (κ3) is 3.94. The molecule has 0 radical (unpaired) electrons. The van der Waals surface area contributed by atoms with Crippen LogP contribution in [-0.4, -0.2) is 43.1 Å². The first-order valence-electron chi connectivity index (χ1n) is 6.53. The fourth-order valence-corrected chi connectivity index (χ4v) is 2.95. The van der Waals surface area contributed by atoms with Crippen molar-refractivity contribution in [2.45, 2.75) is 45.1 Å². The van der Waals surface area contributed by atoms with Crippen molar-refractivity contribution in [1.82, 2.24) is 4.90 Å². The number of hydrogen-bond donors (Lipinski definition) is 1. The van der Waals surface area contributed by atoms with Crippen molar-refractivity contribution in [1.29, 1.82) is 0 Å². The summed E-state index contributed by atoms with van der Waals surface area (Å²) in [5.41, 5.74) is 6.40. The van der Waals surface area contributed by atoms with Gasteiger partial charge < -0.3 is 10.6 Å². The molecule has 0 aromatic heterocycles. The summed E-state index contributed by atoms with van der Waals surface area (Å²) in [4.78, 5) is 2.51. The zero-order chi connectivity index (χ0) is 12.0. The second-order valence-electron chi connectivity index (χ2n) is 5.42. The Bertz CT molecular complexity index is 187. The Morgan fingerprint density at radius 2 is 2.12 bits per heavy atom. The Kier molecular flexibility index (Phi) is 6.16. The van der Waals surface area contributed by atoms with Crippen LogP contribution in [0.15, 0.2) is 0 Å². The van der Waals surface area contributed by atoms with Crippen LogP contribution in [-0.2, 0) is 0 Å². The fourth-order valence-electron chi connectivity index (χ4n) is 2.38. The number of thioether (sulfide) groups is 1. The van der Waals surface area contributed by atoms with Gasteiger partial charge in [-0.1, -0.05) is 6.42 Å². The fraction of sp³-hybridized carbons (Fsp3) is 1.00. The molecule has 1 fully saturated rings. The number of hydrogen-bond acceptors (Lipinski definition) is 3. The highest BCUT2D eigenvalue weighted by Gasteiger charge is 2.35. The van der Waals surface area contributed by atoms with E-state index in [0.29, 0.717) is 11.5 Å². The van der Waals surface area contributed by atoms with Gasteiger partial charge in [-0.15, -0.1) is 0 Å². The summed E-state index contributed by atoms with van der Waals surface area (Å²) >= 11 is 1.94. The van der Waals surface area contributed by atoms with E-state index in [2.05, 4.69) is 25.1 Å². The highest BCUT2D eigenvalue weighted by Crippen LogP contribution is 2.42. The first-order valence-corrected chi connectivity index (χ1v) is 7.92. The number of nitrogens with zero attached hydrogens (tertiary/aromatic N) is 1. The molecule has 2 nitrogen and oxygen atoms in total. The quantitative estimate of drug-likeness (QED) is 0.711. The number of nitrogens with two attached hydrogens (primary N) is 1. The summed E-state index contributed by atoms with van der Waals surface area (Å²) in [7, 11) is 2.26. The van der Waals surface area contributed by atoms with E-state index >= 15 is 0 Å². The van der Waals surface area contributed by atoms with Gasteiger partial charge >= 0.3 is 0 Å². The van der Waals surface area contributed by atoms with Crippen molar-refractivity contribution in [3.63, 3.8) is 0 Å². The van der Waals surface area contributed by atoms with E-state index in [1.54, 1.807) is 0 Å². The first kappa shape index (κ1) is 14.3. The van der Waals surface area contributed by atoms with E-state index in [1.807, 2.05) is 11.8 Å². The van der Waals surface area contributed by atoms with Crippen LogP contribution in [0.3, 0.4) is 0 Å². The van der Waals surface area contributed by atoms with Gasteiger partial charge in [0.05, 0.1) is 0 Å². The zero-order valence-corrected chi connectivity index (χ0v) is 12.0. The number of rotatable bonds is 8. The molecule has 1 aliphatic rings. The van der Waals surface area contributed by atoms with Gasteiger partial charge in [0, 0.05) is 6.04 Å². The predicted molar refractivity (Wildman–Crippen MR) is 75.0 cm³/mol. The van der Waals surface area contributed by atoms with E-state index in [-0.39, 0.29) is 0 Å². The summed E-state index contributed by atoms with van der Waals surface area (Å²) < 4.78 is 0. The van der Waals surface area contributed by atoms with Crippen LogP contribution in [0.5, 0.6) is 0 Å². The van der Waals surface area contributed by atoms with Crippen molar-refractivity contribution in [3.05, 3.63) is 0 Å². The molecule has 1 atom stereocenters. The standard InChI is InChI=1S/C13H28N2S/c1-12(5-10-16-3)15(2)9-8-13(11-14)6-4-7-13/h12H,4-11,14H2,1-3H3. The normalized spacial score (nSPS) is 20.8. The SMILES string of the molecule is CSCCC(C)N(C)CCC1(CN)CCC1. The molecule has 0 aromatic carbocycles. The van der Waals surface area contributed by atoms with Crippen molar-refractivity contribution < 1.29 is 0 Å². The van der Waals surface area contributed by atoms with Gasteiger partial charge in [-0.05, 0) is 70.2 Å². The van der Waals surface area contributed by atoms with Gasteiger partial charge in [-0.25, -0.2) is 0 Å². The van der Waals surface area contributed by atoms with Crippen LogP contribution in [0.25, 0.3) is 0 Å². The topological polar surface area (TPSA) is 29.3 Å². The minimum atomic E-state index is 0.507. The third-order valence-electron chi connectivity index (χ3n) is 4.33. The van der Waals surface area contributed by atoms with Crippen LogP contribution in [0, 0.1) is 5.41 Å². The van der Waals surface area contributed by atoms with Crippen LogP contribution in [0.4, 0.5) is 0 Å². The zero-order valence-electron chi connectivity index (χ0n) is 11.2. The van der Waals surface area contributed by atoms with Crippen LogP contribution >= 0.6 is 11.8 Å². The predicted octanol–water partition coefficient (Wildman–Crippen LogP) is 2.58. The monoisotopic (exact) mass is 244 g/mol. The van der Waals surface area contributed by atoms with E-state index in [9.17, 15) is 0 Å². The van der Waals surface area contributed by atoms with Crippen LogP contribution < -0.4 is 5.73 Å². The molecule has 2 N–H and O–H groups in total. The Hall–Kier alpha value is 0.270. The van der Waals surface area contributed by atoms with Crippen LogP contribution in [0.2, 0.25) is 0 Å². The second-order valence-corrected chi connectivity index (χ2v) is 6.40. The summed E-state index contributed by atoms with van der Waals surface area (Å²) in [5.74, 6) is 1.27. The van der Waals surface area contributed by atoms with Gasteiger partial charge in [0.15, 0.2) is 0 Å². The smallest absolute Gasteiger partial charge is 0.00717 e. The maximum absolute atomic E-state index is 5.89. The molecule has 0 spiro atoms. The molecular formula is C13H28N2S. The lowest BCUT2D eigenvalue weighted by Gasteiger charge is -2.42. The van der Waals surface area contributed by atoms with Crippen molar-refractivity contribution in [3.8, 4) is 0 Å². The van der Waals surface area contributed by atoms with Gasteiger partial charge in [0.25, 0.3) is 0 Å². The highest BCUT2D eigenvalue weighted by atomic mass is 32.2. The Morgan fingerprint density at radius 1 is 1.44 bits per heavy atom. The highest BCUT2D eigenvalue weighted by molar-refractivity contribution is 7.98. The molecule has 0 aromatic rings. The second kappa shape index (κ2) is 6.87. The molecule has 0 bridgehead atoms. The molecule has 1 rings (SSSR count). The Morgan fingerprint density at radius 3 is 2.56 bits per heavy atom. The molecular weight excluding hydrogens is 216 g/mol. The third-order valence-corrected chi connectivity index (χ3v) is 4.98. The van der Waals surface area contributed by atoms with Crippen molar-refractivity contribution in [2.24, 2.45) is 11.1 Å². The molecule has 1 unspecified atom stereocenters. The van der Waals surface area contributed by atoms with Gasteiger partial charge in [-0.3, -0.25) is 0 Å². The van der Waals surface area contributed by atoms with Gasteiger partial charge in [-0.2, -0.15) is 11.8 Å². The lowest BCUT2D eigenvalue weighted by molar-refractivity contribution is 0.103. The van der Waals surface area contributed by atoms with E-state index < -0.39 is 0 Å². The van der Waals surface area contributed by atoms with Crippen molar-refractivity contribution in [2.75, 3.05) is 32.1 Å². The molecule has 3 heteroatoms. The average Bonchev–Trinajstić information content (AvgIpc) is 2.24. The largest absolute Gasteiger partial charge is 0.330 e. The summed E-state index contributed by atoms with van der Waals surface area (Å²) in [6.45, 7) is 4.44. The average molecular weight is 244 g/mol. The maximum atomic E-state index is 5.89. The lowest BCUT2D eigenvalue weighted by Crippen LogP contribution is -2.41. The van der Waals surface area contributed by atoms with E-state index in [0.717, 1.165) is 6.54 Å².